The number of piperazine rings is 1. The van der Waals surface area contributed by atoms with Crippen LogP contribution in [0, 0.1) is 6.92 Å². The van der Waals surface area contributed by atoms with Crippen molar-refractivity contribution in [2.75, 3.05) is 31.1 Å². The van der Waals surface area contributed by atoms with Crippen molar-refractivity contribution in [2.45, 2.75) is 13.8 Å². The van der Waals surface area contributed by atoms with Gasteiger partial charge in [0.25, 0.3) is 0 Å². The van der Waals surface area contributed by atoms with Crippen molar-refractivity contribution in [3.05, 3.63) is 16.5 Å². The summed E-state index contributed by atoms with van der Waals surface area (Å²) < 4.78 is 0. The molecule has 1 amide bonds. The van der Waals surface area contributed by atoms with Crippen LogP contribution in [0.15, 0.2) is 0 Å². The van der Waals surface area contributed by atoms with E-state index in [0.717, 1.165) is 0 Å². The van der Waals surface area contributed by atoms with E-state index >= 15 is 0 Å². The van der Waals surface area contributed by atoms with Crippen LogP contribution in [0.4, 0.5) is 5.82 Å². The molecule has 1 saturated heterocycles. The number of anilines is 1. The Kier molecular flexibility index (Phi) is 3.99. The fraction of sp³-hybridized carbons (Fsp3) is 0.500. The standard InChI is InChI=1S/C12H15ClN4O2/c1-8-14-11(13)10(7-18)12(15-8)17-5-3-16(4-6-17)9(2)19/h7H,3-6H2,1-2H3. The molecule has 0 unspecified atom stereocenters. The lowest BCUT2D eigenvalue weighted by Crippen LogP contribution is -2.48. The quantitative estimate of drug-likeness (QED) is 0.596. The third-order valence-electron chi connectivity index (χ3n) is 3.13. The average Bonchev–Trinajstić information content (AvgIpc) is 2.38. The summed E-state index contributed by atoms with van der Waals surface area (Å²) in [6.45, 7) is 5.79. The molecule has 2 heterocycles. The molecule has 7 heteroatoms. The molecule has 102 valence electrons. The lowest BCUT2D eigenvalue weighted by atomic mass is 10.2. The number of hydrogen-bond acceptors (Lipinski definition) is 5. The van der Waals surface area contributed by atoms with Gasteiger partial charge in [-0.2, -0.15) is 0 Å². The van der Waals surface area contributed by atoms with Crippen LogP contribution in [0.25, 0.3) is 0 Å². The highest BCUT2D eigenvalue weighted by Crippen LogP contribution is 2.23. The number of hydrogen-bond donors (Lipinski definition) is 0. The van der Waals surface area contributed by atoms with Crippen molar-refractivity contribution >= 4 is 29.6 Å². The van der Waals surface area contributed by atoms with Crippen molar-refractivity contribution in [2.24, 2.45) is 0 Å². The van der Waals surface area contributed by atoms with E-state index in [4.69, 9.17) is 11.6 Å². The van der Waals surface area contributed by atoms with Crippen LogP contribution in [-0.2, 0) is 4.79 Å². The molecule has 1 aromatic heterocycles. The molecule has 0 atom stereocenters. The van der Waals surface area contributed by atoms with Crippen molar-refractivity contribution in [3.63, 3.8) is 0 Å². The van der Waals surface area contributed by atoms with Gasteiger partial charge >= 0.3 is 0 Å². The highest BCUT2D eigenvalue weighted by atomic mass is 35.5. The molecule has 1 aliphatic rings. The maximum Gasteiger partial charge on any atom is 0.219 e. The number of aryl methyl sites for hydroxylation is 1. The molecule has 6 nitrogen and oxygen atoms in total. The fourth-order valence-corrected chi connectivity index (χ4v) is 2.36. The van der Waals surface area contributed by atoms with Crippen LogP contribution in [0.5, 0.6) is 0 Å². The second kappa shape index (κ2) is 5.52. The van der Waals surface area contributed by atoms with E-state index in [1.807, 2.05) is 4.90 Å². The molecule has 0 spiro atoms. The van der Waals surface area contributed by atoms with Gasteiger partial charge in [0.2, 0.25) is 5.91 Å². The first-order valence-corrected chi connectivity index (χ1v) is 6.40. The highest BCUT2D eigenvalue weighted by Gasteiger charge is 2.23. The lowest BCUT2D eigenvalue weighted by Gasteiger charge is -2.35. The molecular formula is C12H15ClN4O2. The van der Waals surface area contributed by atoms with Gasteiger partial charge < -0.3 is 9.80 Å². The van der Waals surface area contributed by atoms with Gasteiger partial charge in [-0.15, -0.1) is 0 Å². The van der Waals surface area contributed by atoms with E-state index in [2.05, 4.69) is 9.97 Å². The SMILES string of the molecule is CC(=O)N1CCN(c2nc(C)nc(Cl)c2C=O)CC1. The zero-order valence-electron chi connectivity index (χ0n) is 10.9. The van der Waals surface area contributed by atoms with Gasteiger partial charge in [0, 0.05) is 33.1 Å². The molecule has 2 rings (SSSR count). The monoisotopic (exact) mass is 282 g/mol. The molecule has 1 aliphatic heterocycles. The molecule has 0 radical (unpaired) electrons. The Morgan fingerprint density at radius 3 is 2.42 bits per heavy atom. The molecule has 0 aliphatic carbocycles. The normalized spacial score (nSPS) is 15.5. The molecule has 1 aromatic rings. The number of aromatic nitrogens is 2. The number of carbonyl (C=O) groups is 2. The summed E-state index contributed by atoms with van der Waals surface area (Å²) in [6, 6.07) is 0. The van der Waals surface area contributed by atoms with Crippen molar-refractivity contribution in [1.82, 2.24) is 14.9 Å². The van der Waals surface area contributed by atoms with E-state index in [0.29, 0.717) is 49.7 Å². The van der Waals surface area contributed by atoms with Gasteiger partial charge in [0.1, 0.15) is 16.8 Å². The minimum absolute atomic E-state index is 0.0622. The van der Waals surface area contributed by atoms with Crippen LogP contribution in [0.2, 0.25) is 5.15 Å². The summed E-state index contributed by atoms with van der Waals surface area (Å²) in [5.74, 6) is 1.14. The predicted octanol–water partition coefficient (Wildman–Crippen LogP) is 0.919. The first-order valence-electron chi connectivity index (χ1n) is 6.02. The van der Waals surface area contributed by atoms with Crippen molar-refractivity contribution in [3.8, 4) is 0 Å². The minimum atomic E-state index is 0.0622. The number of rotatable bonds is 2. The largest absolute Gasteiger partial charge is 0.352 e. The summed E-state index contributed by atoms with van der Waals surface area (Å²) >= 11 is 5.96. The molecular weight excluding hydrogens is 268 g/mol. The zero-order valence-corrected chi connectivity index (χ0v) is 11.6. The van der Waals surface area contributed by atoms with Gasteiger partial charge in [-0.3, -0.25) is 9.59 Å². The summed E-state index contributed by atoms with van der Waals surface area (Å²) in [7, 11) is 0. The lowest BCUT2D eigenvalue weighted by molar-refractivity contribution is -0.129. The molecule has 19 heavy (non-hydrogen) atoms. The number of carbonyl (C=O) groups excluding carboxylic acids is 2. The first kappa shape index (κ1) is 13.7. The number of aldehydes is 1. The van der Waals surface area contributed by atoms with Gasteiger partial charge in [-0.05, 0) is 6.92 Å². The van der Waals surface area contributed by atoms with E-state index in [1.165, 1.54) is 0 Å². The Morgan fingerprint density at radius 1 is 1.26 bits per heavy atom. The smallest absolute Gasteiger partial charge is 0.219 e. The van der Waals surface area contributed by atoms with Crippen molar-refractivity contribution in [1.29, 1.82) is 0 Å². The fourth-order valence-electron chi connectivity index (χ4n) is 2.11. The summed E-state index contributed by atoms with van der Waals surface area (Å²) in [5.41, 5.74) is 0.309. The van der Waals surface area contributed by atoms with Crippen LogP contribution < -0.4 is 4.90 Å². The Morgan fingerprint density at radius 2 is 1.89 bits per heavy atom. The van der Waals surface area contributed by atoms with Crippen molar-refractivity contribution < 1.29 is 9.59 Å². The van der Waals surface area contributed by atoms with Gasteiger partial charge in [0.15, 0.2) is 6.29 Å². The highest BCUT2D eigenvalue weighted by molar-refractivity contribution is 6.32. The maximum atomic E-state index is 11.3. The van der Waals surface area contributed by atoms with Crippen LogP contribution >= 0.6 is 11.6 Å². The number of amides is 1. The summed E-state index contributed by atoms with van der Waals surface area (Å²) in [6.07, 6.45) is 0.675. The Bertz CT molecular complexity index is 513. The molecule has 0 saturated carbocycles. The summed E-state index contributed by atoms with van der Waals surface area (Å²) in [4.78, 5) is 34.4. The minimum Gasteiger partial charge on any atom is -0.352 e. The molecule has 0 aromatic carbocycles. The van der Waals surface area contributed by atoms with E-state index in [-0.39, 0.29) is 11.1 Å². The third kappa shape index (κ3) is 2.84. The van der Waals surface area contributed by atoms with E-state index < -0.39 is 0 Å². The van der Waals surface area contributed by atoms with E-state index in [1.54, 1.807) is 18.7 Å². The second-order valence-corrected chi connectivity index (χ2v) is 4.77. The van der Waals surface area contributed by atoms with Crippen LogP contribution in [0.1, 0.15) is 23.1 Å². The molecule has 1 fully saturated rings. The molecule has 0 bridgehead atoms. The Balaban J connectivity index is 2.24. The third-order valence-corrected chi connectivity index (χ3v) is 3.42. The van der Waals surface area contributed by atoms with Gasteiger partial charge in [0.05, 0.1) is 5.56 Å². The second-order valence-electron chi connectivity index (χ2n) is 4.41. The molecule has 0 N–H and O–H groups in total. The summed E-state index contributed by atoms with van der Waals surface area (Å²) in [5, 5.41) is 0.173. The first-order chi connectivity index (χ1) is 9.02. The zero-order chi connectivity index (χ0) is 14.0. The predicted molar refractivity (Wildman–Crippen MR) is 71.6 cm³/mol. The Hall–Kier alpha value is -1.69. The number of halogens is 1. The Labute approximate surface area is 116 Å². The average molecular weight is 283 g/mol. The maximum absolute atomic E-state index is 11.3. The van der Waals surface area contributed by atoms with Gasteiger partial charge in [-0.1, -0.05) is 11.6 Å². The number of nitrogens with zero attached hydrogens (tertiary/aromatic N) is 4. The van der Waals surface area contributed by atoms with Gasteiger partial charge in [-0.25, -0.2) is 9.97 Å². The topological polar surface area (TPSA) is 66.4 Å². The van der Waals surface area contributed by atoms with Crippen LogP contribution in [0.3, 0.4) is 0 Å². The van der Waals surface area contributed by atoms with E-state index in [9.17, 15) is 9.59 Å². The van der Waals surface area contributed by atoms with Crippen LogP contribution in [-0.4, -0.2) is 53.2 Å².